The smallest absolute Gasteiger partial charge is 0.261 e. The van der Waals surface area contributed by atoms with Gasteiger partial charge in [-0.2, -0.15) is 0 Å². The minimum atomic E-state index is -3.44. The molecule has 0 saturated heterocycles. The molecule has 4 rings (SSSR count). The second-order valence-electron chi connectivity index (χ2n) is 7.23. The number of carbonyl (C=O) groups is 1. The van der Waals surface area contributed by atoms with Gasteiger partial charge in [0, 0.05) is 18.9 Å². The van der Waals surface area contributed by atoms with Crippen LogP contribution in [-0.2, 0) is 16.4 Å². The zero-order chi connectivity index (χ0) is 20.4. The summed E-state index contributed by atoms with van der Waals surface area (Å²) in [7, 11) is -3.44. The number of rotatable bonds is 5. The third-order valence-electron chi connectivity index (χ3n) is 5.27. The average molecular weight is 449 g/mol. The molecule has 29 heavy (non-hydrogen) atoms. The normalized spacial score (nSPS) is 19.9. The van der Waals surface area contributed by atoms with E-state index in [2.05, 4.69) is 10.3 Å². The molecule has 0 bridgehead atoms. The summed E-state index contributed by atoms with van der Waals surface area (Å²) in [5, 5.41) is 3.02. The average Bonchev–Trinajstić information content (AvgIpc) is 3.17. The minimum absolute atomic E-state index is 0.157. The molecule has 0 spiro atoms. The van der Waals surface area contributed by atoms with E-state index in [1.54, 1.807) is 36.7 Å². The van der Waals surface area contributed by atoms with Crippen molar-refractivity contribution >= 4 is 48.8 Å². The van der Waals surface area contributed by atoms with Crippen molar-refractivity contribution in [1.82, 2.24) is 10.3 Å². The highest BCUT2D eigenvalue weighted by Crippen LogP contribution is 2.32. The summed E-state index contributed by atoms with van der Waals surface area (Å²) in [4.78, 5) is 17.4. The minimum Gasteiger partial charge on any atom is -0.347 e. The summed E-state index contributed by atoms with van der Waals surface area (Å²) < 4.78 is 26.7. The molecule has 152 valence electrons. The second-order valence-corrected chi connectivity index (χ2v) is 11.0. The standard InChI is InChI=1S/C21H21ClN2O3S2/c22-17-3-1-2-4-20(17)29(26,27)16-7-5-14(6-8-16)12-24-21(25)18-11-15-9-10-23-13-19(15)28-18/h5-11,13,17,20H,1-4,12H2,(H,24,25). The predicted octanol–water partition coefficient (Wildman–Crippen LogP) is 4.55. The number of fused-ring (bicyclic) bond motifs is 1. The maximum absolute atomic E-state index is 12.9. The van der Waals surface area contributed by atoms with Gasteiger partial charge in [-0.3, -0.25) is 9.78 Å². The summed E-state index contributed by atoms with van der Waals surface area (Å²) in [5.74, 6) is -0.157. The van der Waals surface area contributed by atoms with Gasteiger partial charge in [-0.05, 0) is 48.1 Å². The van der Waals surface area contributed by atoms with Crippen LogP contribution in [0, 0.1) is 0 Å². The Morgan fingerprint density at radius 3 is 2.66 bits per heavy atom. The molecule has 1 N–H and O–H groups in total. The molecule has 2 atom stereocenters. The number of halogens is 1. The third-order valence-corrected chi connectivity index (χ3v) is 9.32. The number of alkyl halides is 1. The molecule has 1 aliphatic carbocycles. The summed E-state index contributed by atoms with van der Waals surface area (Å²) in [6.07, 6.45) is 6.67. The van der Waals surface area contributed by atoms with E-state index in [1.165, 1.54) is 11.3 Å². The lowest BCUT2D eigenvalue weighted by molar-refractivity contribution is 0.0955. The first-order chi connectivity index (χ1) is 13.9. The van der Waals surface area contributed by atoms with Crippen LogP contribution < -0.4 is 5.32 Å². The van der Waals surface area contributed by atoms with Crippen LogP contribution in [0.2, 0.25) is 0 Å². The Kier molecular flexibility index (Phi) is 5.90. The van der Waals surface area contributed by atoms with E-state index in [1.807, 2.05) is 12.1 Å². The van der Waals surface area contributed by atoms with Gasteiger partial charge in [0.2, 0.25) is 0 Å². The molecule has 3 aromatic rings. The lowest BCUT2D eigenvalue weighted by Crippen LogP contribution is -2.33. The Morgan fingerprint density at radius 2 is 1.93 bits per heavy atom. The van der Waals surface area contributed by atoms with Crippen molar-refractivity contribution in [3.05, 3.63) is 59.2 Å². The Balaban J connectivity index is 1.42. The largest absolute Gasteiger partial charge is 0.347 e. The Hall–Kier alpha value is -1.96. The van der Waals surface area contributed by atoms with E-state index in [0.717, 1.165) is 34.9 Å². The quantitative estimate of drug-likeness (QED) is 0.581. The number of thiophene rings is 1. The lowest BCUT2D eigenvalue weighted by Gasteiger charge is -2.26. The Morgan fingerprint density at radius 1 is 1.17 bits per heavy atom. The number of hydrogen-bond donors (Lipinski definition) is 1. The summed E-state index contributed by atoms with van der Waals surface area (Å²) >= 11 is 7.69. The summed E-state index contributed by atoms with van der Waals surface area (Å²) in [5.41, 5.74) is 0.839. The SMILES string of the molecule is O=C(NCc1ccc(S(=O)(=O)C2CCCCC2Cl)cc1)c1cc2ccncc2s1. The van der Waals surface area contributed by atoms with Crippen LogP contribution in [0.15, 0.2) is 53.7 Å². The molecule has 2 unspecified atom stereocenters. The molecule has 0 radical (unpaired) electrons. The number of nitrogens with zero attached hydrogens (tertiary/aromatic N) is 1. The van der Waals surface area contributed by atoms with Gasteiger partial charge < -0.3 is 5.32 Å². The molecule has 5 nitrogen and oxygen atoms in total. The number of amides is 1. The fraction of sp³-hybridized carbons (Fsp3) is 0.333. The highest BCUT2D eigenvalue weighted by molar-refractivity contribution is 7.92. The molecule has 2 heterocycles. The summed E-state index contributed by atoms with van der Waals surface area (Å²) in [6.45, 7) is 0.327. The molecule has 1 saturated carbocycles. The van der Waals surface area contributed by atoms with Crippen LogP contribution >= 0.6 is 22.9 Å². The van der Waals surface area contributed by atoms with Gasteiger partial charge >= 0.3 is 0 Å². The van der Waals surface area contributed by atoms with Crippen LogP contribution in [0.1, 0.15) is 40.9 Å². The van der Waals surface area contributed by atoms with Crippen LogP contribution in [0.4, 0.5) is 0 Å². The molecule has 1 aromatic carbocycles. The number of carbonyl (C=O) groups excluding carboxylic acids is 1. The third kappa shape index (κ3) is 4.32. The number of aromatic nitrogens is 1. The van der Waals surface area contributed by atoms with Crippen molar-refractivity contribution in [3.63, 3.8) is 0 Å². The van der Waals surface area contributed by atoms with E-state index in [9.17, 15) is 13.2 Å². The van der Waals surface area contributed by atoms with E-state index in [-0.39, 0.29) is 11.3 Å². The van der Waals surface area contributed by atoms with Crippen LogP contribution in [0.5, 0.6) is 0 Å². The van der Waals surface area contributed by atoms with Crippen molar-refractivity contribution in [3.8, 4) is 0 Å². The van der Waals surface area contributed by atoms with E-state index in [0.29, 0.717) is 22.7 Å². The Labute approximate surface area is 179 Å². The maximum Gasteiger partial charge on any atom is 0.261 e. The highest BCUT2D eigenvalue weighted by atomic mass is 35.5. The van der Waals surface area contributed by atoms with Crippen molar-refractivity contribution in [2.24, 2.45) is 0 Å². The van der Waals surface area contributed by atoms with Crippen molar-refractivity contribution in [1.29, 1.82) is 0 Å². The van der Waals surface area contributed by atoms with Gasteiger partial charge in [-0.25, -0.2) is 8.42 Å². The number of pyridine rings is 1. The first-order valence-electron chi connectivity index (χ1n) is 9.54. The molecule has 1 fully saturated rings. The van der Waals surface area contributed by atoms with Gasteiger partial charge in [0.05, 0.1) is 25.1 Å². The molecular weight excluding hydrogens is 428 g/mol. The Bertz CT molecular complexity index is 1090. The first-order valence-corrected chi connectivity index (χ1v) is 12.3. The molecule has 1 aliphatic rings. The summed E-state index contributed by atoms with van der Waals surface area (Å²) in [6, 6.07) is 10.4. The van der Waals surface area contributed by atoms with Crippen molar-refractivity contribution < 1.29 is 13.2 Å². The van der Waals surface area contributed by atoms with E-state index < -0.39 is 15.1 Å². The fourth-order valence-corrected chi connectivity index (χ4v) is 7.14. The van der Waals surface area contributed by atoms with Crippen LogP contribution in [0.25, 0.3) is 10.1 Å². The number of sulfone groups is 1. The van der Waals surface area contributed by atoms with E-state index in [4.69, 9.17) is 11.6 Å². The number of nitrogens with one attached hydrogen (secondary N) is 1. The van der Waals surface area contributed by atoms with E-state index >= 15 is 0 Å². The van der Waals surface area contributed by atoms with Crippen molar-refractivity contribution in [2.75, 3.05) is 0 Å². The highest BCUT2D eigenvalue weighted by Gasteiger charge is 2.35. The molecule has 8 heteroatoms. The monoisotopic (exact) mass is 448 g/mol. The van der Waals surface area contributed by atoms with Gasteiger partial charge in [0.1, 0.15) is 0 Å². The molecule has 0 aliphatic heterocycles. The zero-order valence-electron chi connectivity index (χ0n) is 15.7. The number of hydrogen-bond acceptors (Lipinski definition) is 5. The number of benzene rings is 1. The van der Waals surface area contributed by atoms with Gasteiger partial charge in [0.15, 0.2) is 9.84 Å². The predicted molar refractivity (Wildman–Crippen MR) is 116 cm³/mol. The molecule has 1 amide bonds. The van der Waals surface area contributed by atoms with Gasteiger partial charge in [-0.1, -0.05) is 25.0 Å². The second kappa shape index (κ2) is 8.42. The van der Waals surface area contributed by atoms with Gasteiger partial charge in [-0.15, -0.1) is 22.9 Å². The molecule has 2 aromatic heterocycles. The lowest BCUT2D eigenvalue weighted by atomic mass is 10.00. The van der Waals surface area contributed by atoms with Crippen LogP contribution in [0.3, 0.4) is 0 Å². The fourth-order valence-electron chi connectivity index (χ4n) is 3.64. The first kappa shape index (κ1) is 20.3. The van der Waals surface area contributed by atoms with Crippen LogP contribution in [-0.4, -0.2) is 29.9 Å². The zero-order valence-corrected chi connectivity index (χ0v) is 18.1. The topological polar surface area (TPSA) is 76.1 Å². The molecular formula is C21H21ClN2O3S2. The van der Waals surface area contributed by atoms with Crippen molar-refractivity contribution in [2.45, 2.75) is 47.8 Å². The maximum atomic E-state index is 12.9. The van der Waals surface area contributed by atoms with Gasteiger partial charge in [0.25, 0.3) is 5.91 Å².